The molecule has 0 spiro atoms. The minimum absolute atomic E-state index is 0.598. The van der Waals surface area contributed by atoms with Gasteiger partial charge in [0.15, 0.2) is 0 Å². The van der Waals surface area contributed by atoms with E-state index in [2.05, 4.69) is 31.3 Å². The highest BCUT2D eigenvalue weighted by Gasteiger charge is 2.37. The molecule has 2 saturated carbocycles. The van der Waals surface area contributed by atoms with Crippen LogP contribution in [0.3, 0.4) is 0 Å². The minimum atomic E-state index is 0.598. The Morgan fingerprint density at radius 2 is 2.17 bits per heavy atom. The number of hydrogen-bond acceptors (Lipinski definition) is 2. The van der Waals surface area contributed by atoms with Crippen LogP contribution >= 0.6 is 0 Å². The van der Waals surface area contributed by atoms with Gasteiger partial charge in [-0.1, -0.05) is 20.3 Å². The largest absolute Gasteiger partial charge is 0.464 e. The van der Waals surface area contributed by atoms with Crippen LogP contribution < -0.4 is 5.32 Å². The summed E-state index contributed by atoms with van der Waals surface area (Å²) in [5, 5.41) is 3.59. The van der Waals surface area contributed by atoms with Gasteiger partial charge in [-0.25, -0.2) is 0 Å². The minimum Gasteiger partial charge on any atom is -0.464 e. The van der Waals surface area contributed by atoms with Crippen molar-refractivity contribution in [3.05, 3.63) is 23.7 Å². The molecular weight excluding hydrogens is 222 g/mol. The van der Waals surface area contributed by atoms with Crippen molar-refractivity contribution in [1.82, 2.24) is 5.32 Å². The highest BCUT2D eigenvalue weighted by Crippen LogP contribution is 2.47. The lowest BCUT2D eigenvalue weighted by Gasteiger charge is -2.41. The average molecular weight is 247 g/mol. The van der Waals surface area contributed by atoms with Gasteiger partial charge in [-0.05, 0) is 49.1 Å². The second-order valence-electron chi connectivity index (χ2n) is 6.43. The molecule has 1 heterocycles. The van der Waals surface area contributed by atoms with Crippen molar-refractivity contribution < 1.29 is 4.42 Å². The zero-order chi connectivity index (χ0) is 12.6. The van der Waals surface area contributed by atoms with Gasteiger partial charge in [-0.2, -0.15) is 0 Å². The monoisotopic (exact) mass is 247 g/mol. The highest BCUT2D eigenvalue weighted by molar-refractivity contribution is 5.17. The summed E-state index contributed by atoms with van der Waals surface area (Å²) in [5.74, 6) is 3.84. The predicted octanol–water partition coefficient (Wildman–Crippen LogP) is 4.07. The van der Waals surface area contributed by atoms with E-state index in [-0.39, 0.29) is 0 Å². The third-order valence-electron chi connectivity index (χ3n) is 5.12. The molecule has 3 rings (SSSR count). The van der Waals surface area contributed by atoms with Crippen LogP contribution in [0.4, 0.5) is 0 Å². The summed E-state index contributed by atoms with van der Waals surface area (Å²) in [6.07, 6.45) is 6.83. The van der Waals surface area contributed by atoms with Gasteiger partial charge < -0.3 is 9.73 Å². The van der Waals surface area contributed by atoms with E-state index in [1.54, 1.807) is 0 Å². The van der Waals surface area contributed by atoms with Crippen LogP contribution in [0.2, 0.25) is 0 Å². The van der Waals surface area contributed by atoms with E-state index in [9.17, 15) is 0 Å². The van der Waals surface area contributed by atoms with Crippen LogP contribution in [-0.4, -0.2) is 6.54 Å². The molecule has 2 atom stereocenters. The lowest BCUT2D eigenvalue weighted by molar-refractivity contribution is 0.123. The van der Waals surface area contributed by atoms with Gasteiger partial charge in [-0.3, -0.25) is 0 Å². The van der Waals surface area contributed by atoms with E-state index < -0.39 is 0 Å². The van der Waals surface area contributed by atoms with Crippen molar-refractivity contribution >= 4 is 0 Å². The second kappa shape index (κ2) is 4.73. The first-order valence-electron chi connectivity index (χ1n) is 7.52. The van der Waals surface area contributed by atoms with Crippen LogP contribution in [0.15, 0.2) is 16.5 Å². The first-order valence-corrected chi connectivity index (χ1v) is 7.52. The zero-order valence-electron chi connectivity index (χ0n) is 11.7. The van der Waals surface area contributed by atoms with Gasteiger partial charge in [0.1, 0.15) is 11.5 Å². The lowest BCUT2D eigenvalue weighted by Crippen LogP contribution is -2.39. The number of nitrogens with one attached hydrogen (secondary N) is 1. The molecule has 2 fully saturated rings. The molecule has 2 aliphatic carbocycles. The maximum Gasteiger partial charge on any atom is 0.117 e. The molecule has 2 nitrogen and oxygen atoms in total. The third-order valence-corrected chi connectivity index (χ3v) is 5.12. The first-order chi connectivity index (χ1) is 8.72. The summed E-state index contributed by atoms with van der Waals surface area (Å²) in [7, 11) is 0. The quantitative estimate of drug-likeness (QED) is 0.819. The Hall–Kier alpha value is -0.760. The fourth-order valence-electron chi connectivity index (χ4n) is 3.19. The maximum absolute atomic E-state index is 5.92. The Kier molecular flexibility index (Phi) is 3.23. The topological polar surface area (TPSA) is 25.2 Å². The van der Waals surface area contributed by atoms with Gasteiger partial charge in [0.25, 0.3) is 0 Å². The van der Waals surface area contributed by atoms with E-state index in [0.29, 0.717) is 11.3 Å². The standard InChI is InChI=1S/C16H25NO/c1-3-16(7-4-8-16)11-17-10-13-5-6-15(18-13)14-9-12(14)2/h5-6,12,14,17H,3-4,7-11H2,1-2H3. The molecule has 0 amide bonds. The molecule has 2 aliphatic rings. The second-order valence-corrected chi connectivity index (χ2v) is 6.43. The summed E-state index contributed by atoms with van der Waals surface area (Å²) in [4.78, 5) is 0. The van der Waals surface area contributed by atoms with Gasteiger partial charge >= 0.3 is 0 Å². The van der Waals surface area contributed by atoms with Crippen LogP contribution in [0, 0.1) is 11.3 Å². The highest BCUT2D eigenvalue weighted by atomic mass is 16.3. The molecule has 18 heavy (non-hydrogen) atoms. The van der Waals surface area contributed by atoms with Crippen molar-refractivity contribution in [2.24, 2.45) is 11.3 Å². The fourth-order valence-corrected chi connectivity index (χ4v) is 3.19. The van der Waals surface area contributed by atoms with Crippen LogP contribution in [0.5, 0.6) is 0 Å². The lowest BCUT2D eigenvalue weighted by atomic mass is 9.67. The summed E-state index contributed by atoms with van der Waals surface area (Å²) in [5.41, 5.74) is 0.598. The molecule has 1 aromatic rings. The van der Waals surface area contributed by atoms with E-state index in [1.807, 2.05) is 0 Å². The van der Waals surface area contributed by atoms with Crippen molar-refractivity contribution in [3.63, 3.8) is 0 Å². The third kappa shape index (κ3) is 2.35. The van der Waals surface area contributed by atoms with E-state index in [0.717, 1.165) is 24.8 Å². The average Bonchev–Trinajstić information content (AvgIpc) is 2.88. The van der Waals surface area contributed by atoms with E-state index >= 15 is 0 Å². The van der Waals surface area contributed by atoms with E-state index in [4.69, 9.17) is 4.42 Å². The van der Waals surface area contributed by atoms with Crippen molar-refractivity contribution in [2.75, 3.05) is 6.54 Å². The molecular formula is C16H25NO. The van der Waals surface area contributed by atoms with Crippen LogP contribution in [0.25, 0.3) is 0 Å². The molecule has 0 saturated heterocycles. The molecule has 2 unspecified atom stereocenters. The Morgan fingerprint density at radius 1 is 1.39 bits per heavy atom. The Bertz CT molecular complexity index is 399. The Balaban J connectivity index is 1.47. The van der Waals surface area contributed by atoms with E-state index in [1.165, 1.54) is 37.9 Å². The van der Waals surface area contributed by atoms with Gasteiger partial charge in [-0.15, -0.1) is 0 Å². The Labute approximate surface area is 110 Å². The molecule has 0 aliphatic heterocycles. The molecule has 1 aromatic heterocycles. The SMILES string of the molecule is CCC1(CNCc2ccc(C3CC3C)o2)CCC1. The summed E-state index contributed by atoms with van der Waals surface area (Å²) in [6.45, 7) is 6.66. The number of furan rings is 1. The molecule has 0 aromatic carbocycles. The first kappa shape index (κ1) is 12.3. The van der Waals surface area contributed by atoms with Gasteiger partial charge in [0.2, 0.25) is 0 Å². The predicted molar refractivity (Wildman–Crippen MR) is 73.5 cm³/mol. The van der Waals surface area contributed by atoms with Gasteiger partial charge in [0.05, 0.1) is 6.54 Å². The maximum atomic E-state index is 5.92. The molecule has 1 N–H and O–H groups in total. The molecule has 2 heteroatoms. The van der Waals surface area contributed by atoms with Gasteiger partial charge in [0, 0.05) is 12.5 Å². The molecule has 0 bridgehead atoms. The molecule has 100 valence electrons. The van der Waals surface area contributed by atoms with Crippen molar-refractivity contribution in [3.8, 4) is 0 Å². The normalized spacial score (nSPS) is 29.0. The summed E-state index contributed by atoms with van der Waals surface area (Å²) < 4.78 is 5.92. The summed E-state index contributed by atoms with van der Waals surface area (Å²) in [6, 6.07) is 4.32. The molecule has 0 radical (unpaired) electrons. The fraction of sp³-hybridized carbons (Fsp3) is 0.750. The van der Waals surface area contributed by atoms with Crippen molar-refractivity contribution in [1.29, 1.82) is 0 Å². The van der Waals surface area contributed by atoms with Crippen LogP contribution in [-0.2, 0) is 6.54 Å². The smallest absolute Gasteiger partial charge is 0.117 e. The number of rotatable bonds is 6. The zero-order valence-corrected chi connectivity index (χ0v) is 11.7. The number of hydrogen-bond donors (Lipinski definition) is 1. The van der Waals surface area contributed by atoms with Crippen LogP contribution in [0.1, 0.15) is 63.4 Å². The summed E-state index contributed by atoms with van der Waals surface area (Å²) >= 11 is 0. The Morgan fingerprint density at radius 3 is 2.72 bits per heavy atom. The van der Waals surface area contributed by atoms with Crippen molar-refractivity contribution in [2.45, 2.75) is 58.4 Å².